The van der Waals surface area contributed by atoms with E-state index in [-0.39, 0.29) is 5.82 Å². The average Bonchev–Trinajstić information content (AvgIpc) is 2.86. The fourth-order valence-corrected chi connectivity index (χ4v) is 2.17. The molecule has 2 N–H and O–H groups in total. The van der Waals surface area contributed by atoms with E-state index in [4.69, 9.17) is 5.73 Å². The Labute approximate surface area is 109 Å². The molecule has 19 heavy (non-hydrogen) atoms. The number of benzene rings is 1. The van der Waals surface area contributed by atoms with Crippen molar-refractivity contribution in [3.8, 4) is 0 Å². The second-order valence-electron chi connectivity index (χ2n) is 4.54. The highest BCUT2D eigenvalue weighted by atomic mass is 19.1. The smallest absolute Gasteiger partial charge is 0.201 e. The molecule has 3 rings (SSSR count). The van der Waals surface area contributed by atoms with Gasteiger partial charge in [-0.05, 0) is 19.1 Å². The van der Waals surface area contributed by atoms with Crippen LogP contribution < -0.4 is 5.73 Å². The maximum atomic E-state index is 13.7. The summed E-state index contributed by atoms with van der Waals surface area (Å²) in [7, 11) is 1.88. The quantitative estimate of drug-likeness (QED) is 0.764. The number of anilines is 1. The monoisotopic (exact) mass is 259 g/mol. The molecule has 0 radical (unpaired) electrons. The van der Waals surface area contributed by atoms with Crippen molar-refractivity contribution in [2.24, 2.45) is 7.05 Å². The van der Waals surface area contributed by atoms with Crippen LogP contribution in [0.4, 0.5) is 10.3 Å². The number of aryl methyl sites for hydroxylation is 1. The molecule has 98 valence electrons. The van der Waals surface area contributed by atoms with Crippen LogP contribution in [0.25, 0.3) is 11.0 Å². The number of rotatable bonds is 2. The first-order valence-corrected chi connectivity index (χ1v) is 5.95. The van der Waals surface area contributed by atoms with E-state index in [1.165, 1.54) is 6.07 Å². The molecule has 2 aromatic heterocycles. The van der Waals surface area contributed by atoms with E-state index in [2.05, 4.69) is 10.1 Å². The fourth-order valence-electron chi connectivity index (χ4n) is 2.17. The minimum absolute atomic E-state index is 0.307. The highest BCUT2D eigenvalue weighted by molar-refractivity contribution is 5.79. The number of nitrogen functional groups attached to an aromatic ring is 1. The molecule has 0 saturated carbocycles. The van der Waals surface area contributed by atoms with Gasteiger partial charge in [0.2, 0.25) is 5.95 Å². The Morgan fingerprint density at radius 2 is 2.16 bits per heavy atom. The number of halogens is 1. The molecule has 1 aromatic carbocycles. The van der Waals surface area contributed by atoms with Crippen LogP contribution in [0.15, 0.2) is 24.4 Å². The highest BCUT2D eigenvalue weighted by Crippen LogP contribution is 2.22. The van der Waals surface area contributed by atoms with Gasteiger partial charge in [-0.15, -0.1) is 0 Å². The zero-order valence-corrected chi connectivity index (χ0v) is 10.8. The lowest BCUT2D eigenvalue weighted by Gasteiger charge is -2.06. The summed E-state index contributed by atoms with van der Waals surface area (Å²) < 4.78 is 17.2. The number of imidazole rings is 1. The molecule has 6 heteroatoms. The van der Waals surface area contributed by atoms with Crippen molar-refractivity contribution in [1.29, 1.82) is 0 Å². The third kappa shape index (κ3) is 1.76. The van der Waals surface area contributed by atoms with Gasteiger partial charge in [0, 0.05) is 18.3 Å². The maximum absolute atomic E-state index is 13.7. The van der Waals surface area contributed by atoms with Gasteiger partial charge < -0.3 is 10.3 Å². The van der Waals surface area contributed by atoms with E-state index in [0.29, 0.717) is 23.5 Å². The fraction of sp³-hybridized carbons (Fsp3) is 0.231. The predicted octanol–water partition coefficient (Wildman–Crippen LogP) is 1.85. The van der Waals surface area contributed by atoms with Crippen LogP contribution in [0.2, 0.25) is 0 Å². The van der Waals surface area contributed by atoms with Gasteiger partial charge >= 0.3 is 0 Å². The lowest BCUT2D eigenvalue weighted by atomic mass is 10.2. The highest BCUT2D eigenvalue weighted by Gasteiger charge is 2.13. The van der Waals surface area contributed by atoms with Crippen molar-refractivity contribution in [3.05, 3.63) is 41.5 Å². The van der Waals surface area contributed by atoms with Crippen molar-refractivity contribution in [2.45, 2.75) is 13.5 Å². The van der Waals surface area contributed by atoms with Crippen molar-refractivity contribution < 1.29 is 4.39 Å². The molecule has 0 saturated heterocycles. The topological polar surface area (TPSA) is 61.7 Å². The minimum Gasteiger partial charge on any atom is -0.369 e. The Morgan fingerprint density at radius 3 is 2.84 bits per heavy atom. The molecule has 0 aliphatic heterocycles. The molecule has 0 amide bonds. The molecule has 0 unspecified atom stereocenters. The Hall–Kier alpha value is -2.37. The Morgan fingerprint density at radius 1 is 1.37 bits per heavy atom. The van der Waals surface area contributed by atoms with Crippen molar-refractivity contribution in [3.63, 3.8) is 0 Å². The van der Waals surface area contributed by atoms with Gasteiger partial charge in [-0.25, -0.2) is 9.37 Å². The minimum atomic E-state index is -0.356. The van der Waals surface area contributed by atoms with Gasteiger partial charge in [-0.1, -0.05) is 6.07 Å². The van der Waals surface area contributed by atoms with Crippen LogP contribution in [-0.2, 0) is 13.6 Å². The van der Waals surface area contributed by atoms with Crippen LogP contribution in [0, 0.1) is 12.7 Å². The van der Waals surface area contributed by atoms with Gasteiger partial charge in [-0.3, -0.25) is 4.68 Å². The number of hydrogen-bond acceptors (Lipinski definition) is 3. The van der Waals surface area contributed by atoms with E-state index >= 15 is 0 Å². The second kappa shape index (κ2) is 4.08. The van der Waals surface area contributed by atoms with Gasteiger partial charge in [0.1, 0.15) is 5.52 Å². The summed E-state index contributed by atoms with van der Waals surface area (Å²) in [5.74, 6) is -0.0470. The lowest BCUT2D eigenvalue weighted by molar-refractivity contribution is 0.637. The molecular weight excluding hydrogens is 245 g/mol. The third-order valence-electron chi connectivity index (χ3n) is 3.42. The number of nitrogens with two attached hydrogens (primary N) is 1. The number of aromatic nitrogens is 4. The Kier molecular flexibility index (Phi) is 2.51. The molecule has 0 spiro atoms. The van der Waals surface area contributed by atoms with Crippen molar-refractivity contribution >= 4 is 17.0 Å². The molecule has 0 aliphatic rings. The maximum Gasteiger partial charge on any atom is 0.201 e. The SMILES string of the molecule is Cc1c(Cn2c(N)nc3c(F)cccc32)cnn1C. The lowest BCUT2D eigenvalue weighted by Crippen LogP contribution is -2.05. The number of para-hydroxylation sites is 1. The number of nitrogens with zero attached hydrogens (tertiary/aromatic N) is 4. The van der Waals surface area contributed by atoms with Crippen LogP contribution in [0.5, 0.6) is 0 Å². The van der Waals surface area contributed by atoms with Crippen LogP contribution >= 0.6 is 0 Å². The summed E-state index contributed by atoms with van der Waals surface area (Å²) in [4.78, 5) is 4.08. The molecule has 3 aromatic rings. The summed E-state index contributed by atoms with van der Waals surface area (Å²) in [6.07, 6.45) is 1.79. The normalized spacial score (nSPS) is 11.3. The van der Waals surface area contributed by atoms with E-state index in [1.54, 1.807) is 21.5 Å². The number of fused-ring (bicyclic) bond motifs is 1. The first kappa shape index (κ1) is 11.7. The summed E-state index contributed by atoms with van der Waals surface area (Å²) in [6.45, 7) is 2.52. The molecule has 0 bridgehead atoms. The van der Waals surface area contributed by atoms with Crippen molar-refractivity contribution in [2.75, 3.05) is 5.73 Å². The summed E-state index contributed by atoms with van der Waals surface area (Å²) in [5, 5.41) is 4.19. The van der Waals surface area contributed by atoms with Gasteiger partial charge in [0.25, 0.3) is 0 Å². The summed E-state index contributed by atoms with van der Waals surface area (Å²) in [5.41, 5.74) is 8.98. The summed E-state index contributed by atoms with van der Waals surface area (Å²) in [6, 6.07) is 4.85. The first-order chi connectivity index (χ1) is 9.08. The van der Waals surface area contributed by atoms with Crippen LogP contribution in [-0.4, -0.2) is 19.3 Å². The largest absolute Gasteiger partial charge is 0.369 e. The molecule has 2 heterocycles. The van der Waals surface area contributed by atoms with E-state index in [1.807, 2.05) is 20.0 Å². The number of hydrogen-bond donors (Lipinski definition) is 1. The van der Waals surface area contributed by atoms with Crippen molar-refractivity contribution in [1.82, 2.24) is 19.3 Å². The van der Waals surface area contributed by atoms with Gasteiger partial charge in [-0.2, -0.15) is 5.10 Å². The predicted molar refractivity (Wildman–Crippen MR) is 71.2 cm³/mol. The first-order valence-electron chi connectivity index (χ1n) is 5.95. The second-order valence-corrected chi connectivity index (χ2v) is 4.54. The summed E-state index contributed by atoms with van der Waals surface area (Å²) >= 11 is 0. The third-order valence-corrected chi connectivity index (χ3v) is 3.42. The van der Waals surface area contributed by atoms with E-state index in [9.17, 15) is 4.39 Å². The molecule has 0 aliphatic carbocycles. The van der Waals surface area contributed by atoms with Crippen LogP contribution in [0.3, 0.4) is 0 Å². The molecule has 0 fully saturated rings. The molecule has 5 nitrogen and oxygen atoms in total. The zero-order chi connectivity index (χ0) is 13.6. The molecule has 0 atom stereocenters. The molecular formula is C13H14FN5. The van der Waals surface area contributed by atoms with Gasteiger partial charge in [0.15, 0.2) is 5.82 Å². The standard InChI is InChI=1S/C13H14FN5/c1-8-9(6-16-18(8)2)7-19-11-5-3-4-10(14)12(11)17-13(19)15/h3-6H,7H2,1-2H3,(H2,15,17). The Bertz CT molecular complexity index is 756. The average molecular weight is 259 g/mol. The Balaban J connectivity index is 2.13. The van der Waals surface area contributed by atoms with E-state index < -0.39 is 0 Å². The van der Waals surface area contributed by atoms with Crippen LogP contribution in [0.1, 0.15) is 11.3 Å². The zero-order valence-electron chi connectivity index (χ0n) is 10.8. The van der Waals surface area contributed by atoms with Gasteiger partial charge in [0.05, 0.1) is 18.3 Å². The van der Waals surface area contributed by atoms with E-state index in [0.717, 1.165) is 11.3 Å².